The molecule has 152 valence electrons. The van der Waals surface area contributed by atoms with E-state index in [1.165, 1.54) is 34.4 Å². The second kappa shape index (κ2) is 9.33. The molecule has 3 aromatic rings. The molecular formula is C22H26FN4OS+. The Kier molecular flexibility index (Phi) is 6.82. The molecule has 0 aliphatic rings. The Morgan fingerprint density at radius 1 is 1.10 bits per heavy atom. The normalized spacial score (nSPS) is 12.3. The van der Waals surface area contributed by atoms with Gasteiger partial charge in [0, 0.05) is 11.3 Å². The molecular weight excluding hydrogens is 387 g/mol. The molecule has 2 aromatic carbocycles. The lowest BCUT2D eigenvalue weighted by Crippen LogP contribution is -3.05. The van der Waals surface area contributed by atoms with Crippen LogP contribution in [0.15, 0.2) is 53.7 Å². The van der Waals surface area contributed by atoms with Crippen molar-refractivity contribution >= 4 is 17.5 Å². The number of nitrogens with one attached hydrogen (secondary N) is 1. The largest absolute Gasteiger partial charge is 0.331 e. The van der Waals surface area contributed by atoms with E-state index in [0.29, 0.717) is 10.7 Å². The fraction of sp³-hybridized carbons (Fsp3) is 0.318. The van der Waals surface area contributed by atoms with Crippen LogP contribution in [-0.4, -0.2) is 40.4 Å². The SMILES string of the molecule is CCc1ccc(C(=O)CSc2nnc([C@H](C)[NH+](C)C)n2-c2ccc(F)cc2)cc1. The van der Waals surface area contributed by atoms with Crippen LogP contribution in [0.25, 0.3) is 5.69 Å². The summed E-state index contributed by atoms with van der Waals surface area (Å²) in [5.41, 5.74) is 2.67. The molecule has 1 N–H and O–H groups in total. The van der Waals surface area contributed by atoms with Crippen LogP contribution in [0.4, 0.5) is 4.39 Å². The predicted molar refractivity (Wildman–Crippen MR) is 113 cm³/mol. The molecule has 0 saturated carbocycles. The second-order valence-corrected chi connectivity index (χ2v) is 8.16. The fourth-order valence-electron chi connectivity index (χ4n) is 2.89. The fourth-order valence-corrected chi connectivity index (χ4v) is 3.74. The number of hydrogen-bond acceptors (Lipinski definition) is 4. The lowest BCUT2D eigenvalue weighted by atomic mass is 10.1. The van der Waals surface area contributed by atoms with Crippen LogP contribution in [-0.2, 0) is 6.42 Å². The highest BCUT2D eigenvalue weighted by atomic mass is 32.2. The van der Waals surface area contributed by atoms with Crippen LogP contribution in [0.3, 0.4) is 0 Å². The van der Waals surface area contributed by atoms with Crippen molar-refractivity contribution in [2.45, 2.75) is 31.5 Å². The molecule has 7 heteroatoms. The highest BCUT2D eigenvalue weighted by molar-refractivity contribution is 7.99. The third kappa shape index (κ3) is 4.92. The van der Waals surface area contributed by atoms with Gasteiger partial charge in [-0.3, -0.25) is 9.36 Å². The molecule has 0 spiro atoms. The van der Waals surface area contributed by atoms with Crippen molar-refractivity contribution in [2.75, 3.05) is 19.8 Å². The Hall–Kier alpha value is -2.51. The van der Waals surface area contributed by atoms with Crippen molar-refractivity contribution in [3.63, 3.8) is 0 Å². The lowest BCUT2D eigenvalue weighted by molar-refractivity contribution is -0.890. The van der Waals surface area contributed by atoms with E-state index in [9.17, 15) is 9.18 Å². The summed E-state index contributed by atoms with van der Waals surface area (Å²) in [6.07, 6.45) is 0.943. The van der Waals surface area contributed by atoms with E-state index in [2.05, 4.69) is 24.0 Å². The summed E-state index contributed by atoms with van der Waals surface area (Å²) in [5, 5.41) is 9.33. The molecule has 0 saturated heterocycles. The summed E-state index contributed by atoms with van der Waals surface area (Å²) >= 11 is 1.35. The number of carbonyl (C=O) groups is 1. The number of quaternary nitrogens is 1. The first-order valence-corrected chi connectivity index (χ1v) is 10.7. The molecule has 29 heavy (non-hydrogen) atoms. The number of benzene rings is 2. The number of rotatable bonds is 8. The molecule has 0 unspecified atom stereocenters. The van der Waals surface area contributed by atoms with Gasteiger partial charge in [0.15, 0.2) is 16.8 Å². The molecule has 0 fully saturated rings. The number of thioether (sulfide) groups is 1. The maximum absolute atomic E-state index is 13.4. The maximum Gasteiger partial charge on any atom is 0.196 e. The zero-order valence-electron chi connectivity index (χ0n) is 17.1. The second-order valence-electron chi connectivity index (χ2n) is 7.21. The van der Waals surface area contributed by atoms with Crippen LogP contribution in [0.2, 0.25) is 0 Å². The third-order valence-electron chi connectivity index (χ3n) is 5.01. The number of aromatic nitrogens is 3. The van der Waals surface area contributed by atoms with E-state index in [1.807, 2.05) is 42.9 Å². The smallest absolute Gasteiger partial charge is 0.196 e. The molecule has 0 aliphatic heterocycles. The van der Waals surface area contributed by atoms with Gasteiger partial charge in [-0.2, -0.15) is 0 Å². The maximum atomic E-state index is 13.4. The third-order valence-corrected chi connectivity index (χ3v) is 5.94. The van der Waals surface area contributed by atoms with Crippen molar-refractivity contribution in [1.29, 1.82) is 0 Å². The molecule has 0 radical (unpaired) electrons. The minimum absolute atomic E-state index is 0.0409. The van der Waals surface area contributed by atoms with Gasteiger partial charge >= 0.3 is 0 Å². The molecule has 1 aromatic heterocycles. The van der Waals surface area contributed by atoms with Gasteiger partial charge in [0.05, 0.1) is 19.8 Å². The molecule has 0 amide bonds. The number of Topliss-reactive ketones (excluding diaryl/α,β-unsaturated/α-hetero) is 1. The van der Waals surface area contributed by atoms with Crippen molar-refractivity contribution in [3.05, 3.63) is 71.3 Å². The minimum Gasteiger partial charge on any atom is -0.331 e. The van der Waals surface area contributed by atoms with Gasteiger partial charge in [-0.15, -0.1) is 10.2 Å². The quantitative estimate of drug-likeness (QED) is 0.455. The Morgan fingerprint density at radius 3 is 2.34 bits per heavy atom. The first-order valence-electron chi connectivity index (χ1n) is 9.67. The van der Waals surface area contributed by atoms with Crippen LogP contribution in [0.1, 0.15) is 41.6 Å². The van der Waals surface area contributed by atoms with E-state index < -0.39 is 0 Å². The number of aryl methyl sites for hydroxylation is 1. The van der Waals surface area contributed by atoms with Gasteiger partial charge < -0.3 is 4.90 Å². The van der Waals surface area contributed by atoms with Gasteiger partial charge in [-0.1, -0.05) is 43.0 Å². The summed E-state index contributed by atoms with van der Waals surface area (Å²) in [5.74, 6) is 0.779. The highest BCUT2D eigenvalue weighted by Gasteiger charge is 2.24. The monoisotopic (exact) mass is 413 g/mol. The number of hydrogen-bond donors (Lipinski definition) is 1. The summed E-state index contributed by atoms with van der Waals surface area (Å²) in [6.45, 7) is 4.15. The molecule has 1 atom stereocenters. The van der Waals surface area contributed by atoms with Crippen LogP contribution in [0, 0.1) is 5.82 Å². The molecule has 5 nitrogen and oxygen atoms in total. The molecule has 1 heterocycles. The van der Waals surface area contributed by atoms with Crippen molar-refractivity contribution in [2.24, 2.45) is 0 Å². The summed E-state index contributed by atoms with van der Waals surface area (Å²) < 4.78 is 15.3. The zero-order chi connectivity index (χ0) is 21.0. The Labute approximate surface area is 175 Å². The lowest BCUT2D eigenvalue weighted by Gasteiger charge is -2.18. The van der Waals surface area contributed by atoms with Crippen LogP contribution >= 0.6 is 11.8 Å². The van der Waals surface area contributed by atoms with Gasteiger partial charge in [0.25, 0.3) is 0 Å². The van der Waals surface area contributed by atoms with E-state index in [4.69, 9.17) is 0 Å². The van der Waals surface area contributed by atoms with Gasteiger partial charge in [-0.25, -0.2) is 4.39 Å². The molecule has 0 bridgehead atoms. The molecule has 0 aliphatic carbocycles. The summed E-state index contributed by atoms with van der Waals surface area (Å²) in [7, 11) is 4.09. The van der Waals surface area contributed by atoms with Crippen molar-refractivity contribution in [1.82, 2.24) is 14.8 Å². The number of halogens is 1. The first-order chi connectivity index (χ1) is 13.9. The Morgan fingerprint density at radius 2 is 1.76 bits per heavy atom. The molecule has 3 rings (SSSR count). The minimum atomic E-state index is -0.297. The number of ketones is 1. The van der Waals surface area contributed by atoms with Gasteiger partial charge in [0.1, 0.15) is 11.9 Å². The summed E-state index contributed by atoms with van der Waals surface area (Å²) in [6, 6.07) is 14.0. The average molecular weight is 414 g/mol. The highest BCUT2D eigenvalue weighted by Crippen LogP contribution is 2.25. The van der Waals surface area contributed by atoms with Crippen LogP contribution in [0.5, 0.6) is 0 Å². The zero-order valence-corrected chi connectivity index (χ0v) is 18.0. The predicted octanol–water partition coefficient (Wildman–Crippen LogP) is 3.15. The van der Waals surface area contributed by atoms with Crippen molar-refractivity contribution in [3.8, 4) is 5.69 Å². The Bertz CT molecular complexity index is 967. The van der Waals surface area contributed by atoms with E-state index in [-0.39, 0.29) is 23.4 Å². The Balaban J connectivity index is 1.86. The van der Waals surface area contributed by atoms with Gasteiger partial charge in [-0.05, 0) is 43.2 Å². The number of carbonyl (C=O) groups excluding carboxylic acids is 1. The van der Waals surface area contributed by atoms with Gasteiger partial charge in [0.2, 0.25) is 0 Å². The van der Waals surface area contributed by atoms with E-state index in [0.717, 1.165) is 17.9 Å². The first kappa shape index (κ1) is 21.2. The van der Waals surface area contributed by atoms with Crippen molar-refractivity contribution < 1.29 is 14.1 Å². The van der Waals surface area contributed by atoms with E-state index >= 15 is 0 Å². The standard InChI is InChI=1S/C22H25FN4OS/c1-5-16-6-8-17(9-7-16)20(28)14-29-22-25-24-21(15(2)26(3)4)27(22)19-12-10-18(23)11-13-19/h6-13,15H,5,14H2,1-4H3/p+1/t15-/m0/s1. The van der Waals surface area contributed by atoms with E-state index in [1.54, 1.807) is 12.1 Å². The topological polar surface area (TPSA) is 52.2 Å². The summed E-state index contributed by atoms with van der Waals surface area (Å²) in [4.78, 5) is 13.8. The average Bonchev–Trinajstić information content (AvgIpc) is 3.15. The van der Waals surface area contributed by atoms with Crippen LogP contribution < -0.4 is 4.90 Å². The number of nitrogens with zero attached hydrogens (tertiary/aromatic N) is 3.